The molecule has 1 aliphatic rings. The van der Waals surface area contributed by atoms with Gasteiger partial charge in [0.2, 0.25) is 0 Å². The molecular formula is C13H12ClF3N2. The Morgan fingerprint density at radius 2 is 1.89 bits per heavy atom. The summed E-state index contributed by atoms with van der Waals surface area (Å²) >= 11 is 5.92. The smallest absolute Gasteiger partial charge is 0.371 e. The van der Waals surface area contributed by atoms with Gasteiger partial charge in [-0.2, -0.15) is 18.4 Å². The molecule has 19 heavy (non-hydrogen) atoms. The number of rotatable bonds is 1. The van der Waals surface area contributed by atoms with Gasteiger partial charge in [0, 0.05) is 18.8 Å². The van der Waals surface area contributed by atoms with Crippen LogP contribution in [0.3, 0.4) is 0 Å². The normalized spacial score (nSPS) is 17.3. The van der Waals surface area contributed by atoms with Crippen molar-refractivity contribution in [3.05, 3.63) is 28.8 Å². The fourth-order valence-electron chi connectivity index (χ4n) is 2.26. The molecule has 0 atom stereocenters. The minimum atomic E-state index is -4.10. The molecule has 2 nitrogen and oxygen atoms in total. The zero-order valence-corrected chi connectivity index (χ0v) is 10.8. The molecule has 0 amide bonds. The molecule has 0 aromatic heterocycles. The van der Waals surface area contributed by atoms with Crippen molar-refractivity contribution in [1.82, 2.24) is 0 Å². The molecule has 0 spiro atoms. The van der Waals surface area contributed by atoms with E-state index in [9.17, 15) is 13.2 Å². The molecule has 1 heterocycles. The van der Waals surface area contributed by atoms with Crippen LogP contribution in [0.2, 0.25) is 5.02 Å². The number of halogens is 4. The minimum Gasteiger partial charge on any atom is -0.371 e. The van der Waals surface area contributed by atoms with Crippen LogP contribution < -0.4 is 4.90 Å². The van der Waals surface area contributed by atoms with Crippen LogP contribution in [0.25, 0.3) is 0 Å². The Morgan fingerprint density at radius 3 is 2.37 bits per heavy atom. The van der Waals surface area contributed by atoms with Crippen molar-refractivity contribution < 1.29 is 13.2 Å². The summed E-state index contributed by atoms with van der Waals surface area (Å²) in [6, 6.07) is 6.90. The van der Waals surface area contributed by atoms with Gasteiger partial charge in [-0.05, 0) is 31.0 Å². The average molecular weight is 289 g/mol. The zero-order valence-electron chi connectivity index (χ0n) is 10.0. The van der Waals surface area contributed by atoms with Gasteiger partial charge >= 0.3 is 6.18 Å². The van der Waals surface area contributed by atoms with E-state index in [1.165, 1.54) is 0 Å². The minimum absolute atomic E-state index is 0.0983. The van der Waals surface area contributed by atoms with Gasteiger partial charge in [-0.1, -0.05) is 11.6 Å². The summed E-state index contributed by atoms with van der Waals surface area (Å²) < 4.78 is 37.7. The molecule has 0 bridgehead atoms. The Hall–Kier alpha value is -1.41. The van der Waals surface area contributed by atoms with Crippen LogP contribution in [0.4, 0.5) is 18.9 Å². The zero-order chi connectivity index (χ0) is 14.0. The first kappa shape index (κ1) is 14.0. The fourth-order valence-corrected chi connectivity index (χ4v) is 2.47. The molecule has 1 aliphatic heterocycles. The first-order chi connectivity index (χ1) is 8.91. The van der Waals surface area contributed by atoms with Gasteiger partial charge < -0.3 is 4.90 Å². The van der Waals surface area contributed by atoms with Gasteiger partial charge in [0.1, 0.15) is 6.07 Å². The van der Waals surface area contributed by atoms with Crippen molar-refractivity contribution in [2.75, 3.05) is 18.0 Å². The molecule has 0 saturated carbocycles. The third-order valence-electron chi connectivity index (χ3n) is 3.40. The van der Waals surface area contributed by atoms with Crippen LogP contribution in [0.5, 0.6) is 0 Å². The highest BCUT2D eigenvalue weighted by molar-refractivity contribution is 6.32. The van der Waals surface area contributed by atoms with Crippen LogP contribution in [-0.2, 0) is 0 Å². The summed E-state index contributed by atoms with van der Waals surface area (Å²) in [6.07, 6.45) is -3.91. The van der Waals surface area contributed by atoms with Gasteiger partial charge in [-0.15, -0.1) is 0 Å². The van der Waals surface area contributed by atoms with E-state index in [0.717, 1.165) is 5.69 Å². The number of nitriles is 1. The summed E-state index contributed by atoms with van der Waals surface area (Å²) in [5.74, 6) is -1.21. The third kappa shape index (κ3) is 3.13. The van der Waals surface area contributed by atoms with Gasteiger partial charge in [0.15, 0.2) is 0 Å². The molecule has 2 rings (SSSR count). The fraction of sp³-hybridized carbons (Fsp3) is 0.462. The first-order valence-electron chi connectivity index (χ1n) is 5.93. The number of hydrogen-bond acceptors (Lipinski definition) is 2. The monoisotopic (exact) mass is 288 g/mol. The molecule has 0 aliphatic carbocycles. The van der Waals surface area contributed by atoms with Gasteiger partial charge in [0.05, 0.1) is 16.5 Å². The van der Waals surface area contributed by atoms with Crippen LogP contribution in [-0.4, -0.2) is 19.3 Å². The highest BCUT2D eigenvalue weighted by atomic mass is 35.5. The molecular weight excluding hydrogens is 277 g/mol. The van der Waals surface area contributed by atoms with E-state index >= 15 is 0 Å². The lowest BCUT2D eigenvalue weighted by atomic mass is 9.96. The summed E-state index contributed by atoms with van der Waals surface area (Å²) in [7, 11) is 0. The maximum absolute atomic E-state index is 12.6. The average Bonchev–Trinajstić information content (AvgIpc) is 2.38. The Morgan fingerprint density at radius 1 is 1.26 bits per heavy atom. The predicted octanol–water partition coefficient (Wildman–Crippen LogP) is 3.99. The van der Waals surface area contributed by atoms with E-state index in [0.29, 0.717) is 23.7 Å². The SMILES string of the molecule is N#Cc1ccc(N2CCC(C(F)(F)F)CC2)cc1Cl. The van der Waals surface area contributed by atoms with Crippen molar-refractivity contribution in [1.29, 1.82) is 5.26 Å². The largest absolute Gasteiger partial charge is 0.391 e. The quantitative estimate of drug-likeness (QED) is 0.781. The van der Waals surface area contributed by atoms with Crippen LogP contribution in [0, 0.1) is 17.2 Å². The standard InChI is InChI=1S/C13H12ClF3N2/c14-12-7-11(2-1-9(12)8-18)19-5-3-10(4-6-19)13(15,16)17/h1-2,7,10H,3-6H2. The van der Waals surface area contributed by atoms with Crippen molar-refractivity contribution in [3.8, 4) is 6.07 Å². The highest BCUT2D eigenvalue weighted by Crippen LogP contribution is 2.35. The summed E-state index contributed by atoms with van der Waals surface area (Å²) in [5.41, 5.74) is 1.14. The number of nitrogens with zero attached hydrogens (tertiary/aromatic N) is 2. The van der Waals surface area contributed by atoms with E-state index in [1.54, 1.807) is 18.2 Å². The van der Waals surface area contributed by atoms with Crippen LogP contribution in [0.1, 0.15) is 18.4 Å². The van der Waals surface area contributed by atoms with Gasteiger partial charge in [-0.3, -0.25) is 0 Å². The molecule has 1 aromatic rings. The second-order valence-electron chi connectivity index (χ2n) is 4.58. The van der Waals surface area contributed by atoms with E-state index in [1.807, 2.05) is 11.0 Å². The Balaban J connectivity index is 2.06. The Labute approximate surface area is 114 Å². The molecule has 1 fully saturated rings. The lowest BCUT2D eigenvalue weighted by Gasteiger charge is -2.34. The van der Waals surface area contributed by atoms with Crippen LogP contribution in [0.15, 0.2) is 18.2 Å². The number of benzene rings is 1. The maximum atomic E-state index is 12.6. The maximum Gasteiger partial charge on any atom is 0.391 e. The third-order valence-corrected chi connectivity index (χ3v) is 3.71. The number of anilines is 1. The van der Waals surface area contributed by atoms with Gasteiger partial charge in [-0.25, -0.2) is 0 Å². The lowest BCUT2D eigenvalue weighted by Crippen LogP contribution is -2.39. The van der Waals surface area contributed by atoms with Crippen molar-refractivity contribution in [3.63, 3.8) is 0 Å². The molecule has 0 N–H and O–H groups in total. The Kier molecular flexibility index (Phi) is 3.91. The summed E-state index contributed by atoms with van der Waals surface area (Å²) in [5, 5.41) is 9.10. The number of piperidine rings is 1. The molecule has 1 aromatic carbocycles. The van der Waals surface area contributed by atoms with Crippen molar-refractivity contribution >= 4 is 17.3 Å². The lowest BCUT2D eigenvalue weighted by molar-refractivity contribution is -0.179. The summed E-state index contributed by atoms with van der Waals surface area (Å²) in [4.78, 5) is 1.87. The van der Waals surface area contributed by atoms with E-state index in [4.69, 9.17) is 16.9 Å². The Bertz CT molecular complexity index is 500. The molecule has 1 saturated heterocycles. The van der Waals surface area contributed by atoms with Crippen molar-refractivity contribution in [2.45, 2.75) is 19.0 Å². The predicted molar refractivity (Wildman–Crippen MR) is 67.2 cm³/mol. The summed E-state index contributed by atoms with van der Waals surface area (Å²) in [6.45, 7) is 0.707. The number of alkyl halides is 3. The second-order valence-corrected chi connectivity index (χ2v) is 4.99. The molecule has 0 unspecified atom stereocenters. The second kappa shape index (κ2) is 5.30. The van der Waals surface area contributed by atoms with E-state index in [-0.39, 0.29) is 12.8 Å². The van der Waals surface area contributed by atoms with E-state index in [2.05, 4.69) is 0 Å². The van der Waals surface area contributed by atoms with Crippen molar-refractivity contribution in [2.24, 2.45) is 5.92 Å². The topological polar surface area (TPSA) is 27.0 Å². The molecule has 102 valence electrons. The first-order valence-corrected chi connectivity index (χ1v) is 6.31. The van der Waals surface area contributed by atoms with Crippen LogP contribution >= 0.6 is 11.6 Å². The van der Waals surface area contributed by atoms with E-state index < -0.39 is 12.1 Å². The van der Waals surface area contributed by atoms with Gasteiger partial charge in [0.25, 0.3) is 0 Å². The number of hydrogen-bond donors (Lipinski definition) is 0. The highest BCUT2D eigenvalue weighted by Gasteiger charge is 2.41. The molecule has 6 heteroatoms. The molecule has 0 radical (unpaired) electrons.